The first-order valence-electron chi connectivity index (χ1n) is 13.0. The summed E-state index contributed by atoms with van der Waals surface area (Å²) in [6.07, 6.45) is -7.20. The largest absolute Gasteiger partial charge is 0.444 e. The maximum absolute atomic E-state index is 15.8. The third-order valence-corrected chi connectivity index (χ3v) is 8.95. The molecule has 0 spiro atoms. The van der Waals surface area contributed by atoms with Gasteiger partial charge in [-0.15, -0.1) is 0 Å². The van der Waals surface area contributed by atoms with Gasteiger partial charge in [0, 0.05) is 12.2 Å². The summed E-state index contributed by atoms with van der Waals surface area (Å²) in [5.41, 5.74) is -16.8. The minimum atomic E-state index is -7.58. The molecule has 0 aliphatic rings. The average Bonchev–Trinajstić information content (AvgIpc) is 3.05. The molecule has 5 nitrogen and oxygen atoms in total. The average molecular weight is 1000 g/mol. The highest BCUT2D eigenvalue weighted by atomic mass is 35.6. The number of carbonyl (C=O) groups excluding carboxylic acids is 2. The summed E-state index contributed by atoms with van der Waals surface area (Å²) < 4.78 is 261. The summed E-state index contributed by atoms with van der Waals surface area (Å²) >= 11 is 33.9. The van der Waals surface area contributed by atoms with Crippen LogP contribution in [0.4, 0.5) is 79.0 Å². The van der Waals surface area contributed by atoms with Crippen molar-refractivity contribution in [2.75, 3.05) is 0 Å². The quantitative estimate of drug-likeness (QED) is 0.0529. The van der Waals surface area contributed by atoms with Gasteiger partial charge in [-0.3, -0.25) is 4.74 Å². The number of benzene rings is 2. The molecule has 0 bridgehead atoms. The number of esters is 2. The van der Waals surface area contributed by atoms with Crippen LogP contribution in [0, 0.1) is 58.2 Å². The van der Waals surface area contributed by atoms with E-state index in [1.807, 2.05) is 0 Å². The van der Waals surface area contributed by atoms with E-state index in [1.54, 1.807) is 0 Å². The predicted octanol–water partition coefficient (Wildman–Crippen LogP) is 11.9. The molecule has 322 valence electrons. The van der Waals surface area contributed by atoms with E-state index in [9.17, 15) is 79.8 Å². The minimum absolute atomic E-state index is 0.493. The molecule has 0 aliphatic heterocycles. The summed E-state index contributed by atoms with van der Waals surface area (Å²) in [6.45, 7) is 6.18. The van der Waals surface area contributed by atoms with Crippen LogP contribution in [0.2, 0.25) is 0 Å². The van der Waals surface area contributed by atoms with Crippen molar-refractivity contribution < 1.29 is 103 Å². The first-order chi connectivity index (χ1) is 25.2. The second kappa shape index (κ2) is 17.3. The van der Waals surface area contributed by atoms with E-state index in [1.165, 1.54) is 0 Å². The predicted molar refractivity (Wildman–Crippen MR) is 162 cm³/mol. The third kappa shape index (κ3) is 9.49. The maximum atomic E-state index is 15.8. The summed E-state index contributed by atoms with van der Waals surface area (Å²) in [7, 11) is 0. The van der Waals surface area contributed by atoms with Crippen LogP contribution in [0.5, 0.6) is 0 Å². The van der Waals surface area contributed by atoms with Gasteiger partial charge in [0.25, 0.3) is 0 Å². The molecule has 2 atom stereocenters. The van der Waals surface area contributed by atoms with Crippen LogP contribution in [-0.4, -0.2) is 48.6 Å². The summed E-state index contributed by atoms with van der Waals surface area (Å²) in [4.78, 5) is 22.7. The molecule has 30 heteroatoms. The van der Waals surface area contributed by atoms with E-state index >= 15 is 8.78 Å². The molecule has 0 aliphatic carbocycles. The van der Waals surface area contributed by atoms with Gasteiger partial charge in [-0.25, -0.2) is 53.5 Å². The molecule has 0 heterocycles. The molecule has 2 unspecified atom stereocenters. The first-order valence-corrected chi connectivity index (χ1v) is 15.6. The maximum Gasteiger partial charge on any atom is 0.428 e. The molecule has 0 amide bonds. The van der Waals surface area contributed by atoms with Crippen LogP contribution in [0.3, 0.4) is 0 Å². The van der Waals surface area contributed by atoms with E-state index in [4.69, 9.17) is 46.4 Å². The Kier molecular flexibility index (Phi) is 16.0. The molecule has 2 aromatic rings. The fourth-order valence-electron chi connectivity index (χ4n) is 3.63. The van der Waals surface area contributed by atoms with Crippen molar-refractivity contribution in [1.82, 2.24) is 0 Å². The molecule has 0 N–H and O–H groups in total. The van der Waals surface area contributed by atoms with Gasteiger partial charge in [-0.05, 0) is 30.1 Å². The van der Waals surface area contributed by atoms with Gasteiger partial charge >= 0.3 is 39.3 Å². The lowest BCUT2D eigenvalue weighted by molar-refractivity contribution is -0.419. The van der Waals surface area contributed by atoms with Crippen LogP contribution in [0.15, 0.2) is 25.3 Å². The zero-order valence-electron chi connectivity index (χ0n) is 26.1. The van der Waals surface area contributed by atoms with E-state index in [0.717, 1.165) is 0 Å². The highest BCUT2D eigenvalue weighted by Gasteiger charge is 2.79. The Morgan fingerprint density at radius 1 is 0.526 bits per heavy atom. The zero-order valence-corrected chi connectivity index (χ0v) is 31.4. The van der Waals surface area contributed by atoms with Crippen molar-refractivity contribution in [2.24, 2.45) is 0 Å². The summed E-state index contributed by atoms with van der Waals surface area (Å²) in [6, 6.07) is 0. The van der Waals surface area contributed by atoms with Crippen LogP contribution < -0.4 is 0 Å². The van der Waals surface area contributed by atoms with Crippen molar-refractivity contribution in [3.63, 3.8) is 0 Å². The number of hydrogen-bond donors (Lipinski definition) is 0. The molecule has 0 fully saturated rings. The fraction of sp³-hybridized carbons (Fsp3) is 0.333. The standard InChI is InChI=1S/C20H3Cl3F16O3.C7H6Cl4F2O2/c1-2-3(40)41-16(4-6(24)10(28)14(32)11(29)7(4)25,5-8(26)12(30)15(33)13(31)9(5)27)17(34,35)20(38,39)42-19(23,37)18(21,22)36;1-3-4(14)15-5(2,6(8,9)10)7(11,12)13/h2H,1H2;3H,1H2,2H3. The van der Waals surface area contributed by atoms with Gasteiger partial charge in [0.2, 0.25) is 26.6 Å². The molecule has 0 saturated carbocycles. The lowest BCUT2D eigenvalue weighted by Gasteiger charge is -2.43. The highest BCUT2D eigenvalue weighted by molar-refractivity contribution is 6.68. The first kappa shape index (κ1) is 52.6. The van der Waals surface area contributed by atoms with Crippen molar-refractivity contribution in [3.05, 3.63) is 94.6 Å². The smallest absolute Gasteiger partial charge is 0.428 e. The fourth-order valence-corrected chi connectivity index (χ4v) is 4.60. The molecule has 2 aromatic carbocycles. The van der Waals surface area contributed by atoms with Crippen molar-refractivity contribution in [3.8, 4) is 0 Å². The van der Waals surface area contributed by atoms with Crippen LogP contribution >= 0.6 is 81.2 Å². The van der Waals surface area contributed by atoms with Crippen molar-refractivity contribution in [2.45, 2.75) is 49.2 Å². The zero-order chi connectivity index (χ0) is 45.6. The number of alkyl halides is 15. The number of halogens is 25. The second-order valence-electron chi connectivity index (χ2n) is 10.1. The number of hydrogen-bond acceptors (Lipinski definition) is 5. The number of rotatable bonds is 12. The van der Waals surface area contributed by atoms with E-state index in [2.05, 4.69) is 62.2 Å². The Hall–Kier alpha value is -2.41. The molecular weight excluding hydrogens is 994 g/mol. The Labute approximate surface area is 338 Å². The van der Waals surface area contributed by atoms with Crippen LogP contribution in [0.25, 0.3) is 0 Å². The van der Waals surface area contributed by atoms with Crippen LogP contribution in [-0.2, 0) is 29.4 Å². The third-order valence-electron chi connectivity index (χ3n) is 6.49. The molecular formula is C27H9Cl7F18O5. The molecule has 0 aromatic heterocycles. The minimum Gasteiger partial charge on any atom is -0.444 e. The van der Waals surface area contributed by atoms with Gasteiger partial charge in [-0.1, -0.05) is 71.2 Å². The Bertz CT molecular complexity index is 1790. The summed E-state index contributed by atoms with van der Waals surface area (Å²) in [5, 5.41) is -9.71. The van der Waals surface area contributed by atoms with Gasteiger partial charge in [0.05, 0.1) is 11.1 Å². The molecule has 0 radical (unpaired) electrons. The van der Waals surface area contributed by atoms with Crippen molar-refractivity contribution >= 4 is 93.1 Å². The molecule has 57 heavy (non-hydrogen) atoms. The topological polar surface area (TPSA) is 61.8 Å². The van der Waals surface area contributed by atoms with E-state index in [-0.39, 0.29) is 0 Å². The summed E-state index contributed by atoms with van der Waals surface area (Å²) in [5.74, 6) is -47.3. The van der Waals surface area contributed by atoms with Crippen LogP contribution in [0.1, 0.15) is 18.1 Å². The second-order valence-corrected chi connectivity index (χ2v) is 14.5. The number of carbonyl (C=O) groups is 2. The lowest BCUT2D eigenvalue weighted by atomic mass is 9.78. The monoisotopic (exact) mass is 1000 g/mol. The Balaban J connectivity index is 0.000000912. The van der Waals surface area contributed by atoms with Gasteiger partial charge in [-0.2, -0.15) is 35.1 Å². The Morgan fingerprint density at radius 3 is 1.05 bits per heavy atom. The normalized spacial score (nSPS) is 15.1. The Morgan fingerprint density at radius 2 is 0.807 bits per heavy atom. The van der Waals surface area contributed by atoms with E-state index < -0.39 is 130 Å². The van der Waals surface area contributed by atoms with Crippen molar-refractivity contribution in [1.29, 1.82) is 0 Å². The molecule has 2 rings (SSSR count). The SMILES string of the molecule is C=CC(=O)OC(C)(C(F)(F)Cl)C(Cl)(Cl)Cl.C=CC(=O)OC(c1c(F)c(F)c(F)c(F)c1F)(c1c(F)c(F)c(F)c(F)c1F)C(F)(F)C(F)(F)OC(F)(Cl)C(F)(Cl)Cl. The molecule has 0 saturated heterocycles. The van der Waals surface area contributed by atoms with Gasteiger partial charge in [0.1, 0.15) is 0 Å². The lowest BCUT2D eigenvalue weighted by Crippen LogP contribution is -2.63. The number of ether oxygens (including phenoxy) is 3. The van der Waals surface area contributed by atoms with Gasteiger partial charge < -0.3 is 9.47 Å². The van der Waals surface area contributed by atoms with E-state index in [0.29, 0.717) is 13.0 Å². The van der Waals surface area contributed by atoms with Gasteiger partial charge in [0.15, 0.2) is 46.5 Å². The highest BCUT2D eigenvalue weighted by Crippen LogP contribution is 2.59.